The summed E-state index contributed by atoms with van der Waals surface area (Å²) in [6.07, 6.45) is 1.68. The van der Waals surface area contributed by atoms with E-state index in [0.29, 0.717) is 0 Å². The van der Waals surface area contributed by atoms with Crippen LogP contribution < -0.4 is 0 Å². The zero-order chi connectivity index (χ0) is 10.4. The van der Waals surface area contributed by atoms with Crippen molar-refractivity contribution < 1.29 is 8.82 Å². The van der Waals surface area contributed by atoms with Gasteiger partial charge in [0, 0.05) is 6.61 Å². The fourth-order valence-electron chi connectivity index (χ4n) is 1.28. The average Bonchev–Trinajstić information content (AvgIpc) is 2.15. The Kier molecular flexibility index (Phi) is 4.83. The van der Waals surface area contributed by atoms with Crippen molar-refractivity contribution in [3.8, 4) is 0 Å². The summed E-state index contributed by atoms with van der Waals surface area (Å²) in [6.45, 7) is 5.05. The normalized spacial score (nSPS) is 10.9. The second-order valence-electron chi connectivity index (χ2n) is 3.61. The highest BCUT2D eigenvalue weighted by Crippen LogP contribution is 2.08. The summed E-state index contributed by atoms with van der Waals surface area (Å²) in [5, 5.41) is 0. The van der Waals surface area contributed by atoms with Gasteiger partial charge in [-0.25, -0.2) is 4.39 Å². The predicted octanol–water partition coefficient (Wildman–Crippen LogP) is 2.76. The van der Waals surface area contributed by atoms with Crippen molar-refractivity contribution in [3.05, 3.63) is 35.6 Å². The van der Waals surface area contributed by atoms with Crippen LogP contribution in [0.2, 0.25) is 13.1 Å². The van der Waals surface area contributed by atoms with Crippen molar-refractivity contribution in [2.45, 2.75) is 25.9 Å². The second kappa shape index (κ2) is 5.93. The summed E-state index contributed by atoms with van der Waals surface area (Å²) in [4.78, 5) is 0. The van der Waals surface area contributed by atoms with Gasteiger partial charge in [0.05, 0.1) is 0 Å². The van der Waals surface area contributed by atoms with Crippen molar-refractivity contribution in [3.63, 3.8) is 0 Å². The molecule has 14 heavy (non-hydrogen) atoms. The minimum absolute atomic E-state index is 0.103. The molecule has 0 saturated carbocycles. The molecule has 1 aromatic rings. The van der Waals surface area contributed by atoms with Crippen LogP contribution in [0.15, 0.2) is 24.3 Å². The standard InChI is InChI=1S/C11H17FOSi/c1-14(2)13-9-5-7-10-6-3-4-8-11(10)12/h3-4,6,8,14H,5,7,9H2,1-2H3. The minimum Gasteiger partial charge on any atom is -0.421 e. The van der Waals surface area contributed by atoms with Crippen molar-refractivity contribution >= 4 is 9.04 Å². The molecule has 0 aliphatic rings. The third kappa shape index (κ3) is 4.02. The quantitative estimate of drug-likeness (QED) is 0.538. The Morgan fingerprint density at radius 3 is 2.64 bits per heavy atom. The van der Waals surface area contributed by atoms with Crippen LogP contribution in [0.25, 0.3) is 0 Å². The van der Waals surface area contributed by atoms with Gasteiger partial charge >= 0.3 is 0 Å². The van der Waals surface area contributed by atoms with Crippen molar-refractivity contribution in [2.24, 2.45) is 0 Å². The number of hydrogen-bond acceptors (Lipinski definition) is 1. The van der Waals surface area contributed by atoms with E-state index in [1.165, 1.54) is 6.07 Å². The van der Waals surface area contributed by atoms with Crippen molar-refractivity contribution in [1.82, 2.24) is 0 Å². The van der Waals surface area contributed by atoms with Crippen LogP contribution in [0.1, 0.15) is 12.0 Å². The first-order valence-electron chi connectivity index (χ1n) is 5.05. The summed E-state index contributed by atoms with van der Waals surface area (Å²) in [7, 11) is -0.902. The fraction of sp³-hybridized carbons (Fsp3) is 0.455. The molecule has 0 fully saturated rings. The summed E-state index contributed by atoms with van der Waals surface area (Å²) < 4.78 is 18.7. The molecule has 1 aromatic carbocycles. The van der Waals surface area contributed by atoms with Crippen LogP contribution in [0, 0.1) is 5.82 Å². The molecular weight excluding hydrogens is 195 g/mol. The van der Waals surface area contributed by atoms with Gasteiger partial charge < -0.3 is 4.43 Å². The van der Waals surface area contributed by atoms with Crippen molar-refractivity contribution in [2.75, 3.05) is 6.61 Å². The first kappa shape index (κ1) is 11.4. The van der Waals surface area contributed by atoms with E-state index in [-0.39, 0.29) is 5.82 Å². The number of benzene rings is 1. The second-order valence-corrected chi connectivity index (χ2v) is 6.05. The highest BCUT2D eigenvalue weighted by atomic mass is 28.3. The van der Waals surface area contributed by atoms with E-state index in [2.05, 4.69) is 13.1 Å². The molecule has 0 unspecified atom stereocenters. The zero-order valence-electron chi connectivity index (χ0n) is 8.79. The minimum atomic E-state index is -0.902. The molecule has 3 heteroatoms. The number of hydrogen-bond donors (Lipinski definition) is 0. The van der Waals surface area contributed by atoms with Gasteiger partial charge in [-0.1, -0.05) is 18.2 Å². The smallest absolute Gasteiger partial charge is 0.170 e. The van der Waals surface area contributed by atoms with Gasteiger partial charge in [-0.2, -0.15) is 0 Å². The van der Waals surface area contributed by atoms with Gasteiger partial charge in [0.1, 0.15) is 5.82 Å². The molecule has 1 rings (SSSR count). The molecule has 0 aliphatic heterocycles. The molecule has 0 bridgehead atoms. The predicted molar refractivity (Wildman–Crippen MR) is 59.6 cm³/mol. The Balaban J connectivity index is 2.28. The lowest BCUT2D eigenvalue weighted by Crippen LogP contribution is -2.09. The average molecular weight is 212 g/mol. The van der Waals surface area contributed by atoms with Gasteiger partial charge in [-0.3, -0.25) is 0 Å². The van der Waals surface area contributed by atoms with Crippen LogP contribution in [0.5, 0.6) is 0 Å². The lowest BCUT2D eigenvalue weighted by atomic mass is 10.1. The molecule has 0 amide bonds. The molecule has 0 aromatic heterocycles. The van der Waals surface area contributed by atoms with Crippen LogP contribution in [-0.2, 0) is 10.8 Å². The molecule has 0 radical (unpaired) electrons. The monoisotopic (exact) mass is 212 g/mol. The van der Waals surface area contributed by atoms with Crippen LogP contribution in [0.3, 0.4) is 0 Å². The zero-order valence-corrected chi connectivity index (χ0v) is 9.95. The Morgan fingerprint density at radius 1 is 1.29 bits per heavy atom. The summed E-state index contributed by atoms with van der Waals surface area (Å²) in [5.74, 6) is -0.103. The van der Waals surface area contributed by atoms with Gasteiger partial charge in [0.2, 0.25) is 0 Å². The van der Waals surface area contributed by atoms with Gasteiger partial charge in [-0.15, -0.1) is 0 Å². The van der Waals surface area contributed by atoms with E-state index in [0.717, 1.165) is 25.0 Å². The molecule has 0 heterocycles. The van der Waals surface area contributed by atoms with E-state index in [1.54, 1.807) is 6.07 Å². The SMILES string of the molecule is C[SiH](C)OCCCc1ccccc1F. The molecule has 78 valence electrons. The highest BCUT2D eigenvalue weighted by Gasteiger charge is 2.00. The third-order valence-electron chi connectivity index (χ3n) is 2.00. The van der Waals surface area contributed by atoms with E-state index in [4.69, 9.17) is 4.43 Å². The first-order chi connectivity index (χ1) is 6.70. The number of halogens is 1. The summed E-state index contributed by atoms with van der Waals surface area (Å²) in [6, 6.07) is 6.93. The van der Waals surface area contributed by atoms with Crippen LogP contribution >= 0.6 is 0 Å². The Hall–Kier alpha value is -0.673. The Bertz CT molecular complexity index is 276. The lowest BCUT2D eigenvalue weighted by molar-refractivity contribution is 0.318. The van der Waals surface area contributed by atoms with E-state index in [1.807, 2.05) is 12.1 Å². The van der Waals surface area contributed by atoms with E-state index >= 15 is 0 Å². The van der Waals surface area contributed by atoms with Crippen LogP contribution in [-0.4, -0.2) is 15.6 Å². The first-order valence-corrected chi connectivity index (χ1v) is 7.83. The maximum atomic E-state index is 13.1. The largest absolute Gasteiger partial charge is 0.421 e. The Labute approximate surface area is 86.6 Å². The summed E-state index contributed by atoms with van der Waals surface area (Å²) in [5.41, 5.74) is 0.793. The van der Waals surface area contributed by atoms with Crippen LogP contribution in [0.4, 0.5) is 4.39 Å². The Morgan fingerprint density at radius 2 is 2.00 bits per heavy atom. The molecular formula is C11H17FOSi. The molecule has 0 atom stereocenters. The van der Waals surface area contributed by atoms with Gasteiger partial charge in [0.25, 0.3) is 0 Å². The summed E-state index contributed by atoms with van der Waals surface area (Å²) >= 11 is 0. The molecule has 0 saturated heterocycles. The molecule has 0 aliphatic carbocycles. The third-order valence-corrected chi connectivity index (χ3v) is 2.90. The van der Waals surface area contributed by atoms with E-state index < -0.39 is 9.04 Å². The van der Waals surface area contributed by atoms with Gasteiger partial charge in [0.15, 0.2) is 9.04 Å². The molecule has 0 N–H and O–H groups in total. The highest BCUT2D eigenvalue weighted by molar-refractivity contribution is 6.48. The maximum absolute atomic E-state index is 13.1. The molecule has 1 nitrogen and oxygen atoms in total. The van der Waals surface area contributed by atoms with E-state index in [9.17, 15) is 4.39 Å². The number of aryl methyl sites for hydroxylation is 1. The van der Waals surface area contributed by atoms with Crippen molar-refractivity contribution in [1.29, 1.82) is 0 Å². The molecule has 0 spiro atoms. The lowest BCUT2D eigenvalue weighted by Gasteiger charge is -2.06. The fourth-order valence-corrected chi connectivity index (χ4v) is 1.92. The maximum Gasteiger partial charge on any atom is 0.170 e. The van der Waals surface area contributed by atoms with Gasteiger partial charge in [-0.05, 0) is 37.6 Å². The topological polar surface area (TPSA) is 9.23 Å². The number of rotatable bonds is 5.